The summed E-state index contributed by atoms with van der Waals surface area (Å²) in [5, 5.41) is 15.6. The summed E-state index contributed by atoms with van der Waals surface area (Å²) in [7, 11) is 0. The van der Waals surface area contributed by atoms with Crippen LogP contribution >= 0.6 is 0 Å². The molecule has 1 aromatic heterocycles. The zero-order valence-electron chi connectivity index (χ0n) is 25.6. The predicted molar refractivity (Wildman–Crippen MR) is 154 cm³/mol. The second-order valence-corrected chi connectivity index (χ2v) is 14.3. The van der Waals surface area contributed by atoms with Crippen molar-refractivity contribution in [1.29, 1.82) is 5.26 Å². The lowest BCUT2D eigenvalue weighted by Crippen LogP contribution is -2.60. The SMILES string of the molecule is CC(C)OC(=O)N[C@H](C(=O)N1C[C@@H]2CC[C@@]3(F)C[C@H]3[C@@H]2[C@H]1C(=O)N1C[C@@]2(C[C@H]1C#N)Oc1cccnc1NC2=O)C(C)(C)C. The van der Waals surface area contributed by atoms with Crippen LogP contribution in [-0.4, -0.2) is 87.2 Å². The van der Waals surface area contributed by atoms with Crippen molar-refractivity contribution in [3.05, 3.63) is 18.3 Å². The summed E-state index contributed by atoms with van der Waals surface area (Å²) >= 11 is 0. The molecule has 236 valence electrons. The van der Waals surface area contributed by atoms with Crippen LogP contribution in [0, 0.1) is 34.5 Å². The molecule has 13 heteroatoms. The first kappa shape index (κ1) is 30.1. The summed E-state index contributed by atoms with van der Waals surface area (Å²) in [5.74, 6) is -1.86. The van der Waals surface area contributed by atoms with Crippen LogP contribution in [0.2, 0.25) is 0 Å². The number of carbonyl (C=O) groups is 4. The third-order valence-corrected chi connectivity index (χ3v) is 9.87. The number of nitriles is 1. The van der Waals surface area contributed by atoms with Gasteiger partial charge < -0.3 is 29.9 Å². The molecule has 4 fully saturated rings. The number of amides is 4. The largest absolute Gasteiger partial charge is 0.472 e. The number of alkyl halides is 1. The molecule has 5 aliphatic rings. The first-order valence-corrected chi connectivity index (χ1v) is 15.3. The predicted octanol–water partition coefficient (Wildman–Crippen LogP) is 2.79. The van der Waals surface area contributed by atoms with E-state index in [0.29, 0.717) is 25.0 Å². The van der Waals surface area contributed by atoms with Crippen LogP contribution in [0.15, 0.2) is 18.3 Å². The van der Waals surface area contributed by atoms with Crippen molar-refractivity contribution in [1.82, 2.24) is 20.1 Å². The molecule has 4 heterocycles. The number of rotatable bonds is 4. The van der Waals surface area contributed by atoms with E-state index in [9.17, 15) is 24.4 Å². The second-order valence-electron chi connectivity index (χ2n) is 14.3. The average molecular weight is 611 g/mol. The number of anilines is 1. The van der Waals surface area contributed by atoms with E-state index in [2.05, 4.69) is 21.7 Å². The maximum absolute atomic E-state index is 15.6. The van der Waals surface area contributed by atoms with Gasteiger partial charge in [0.2, 0.25) is 17.4 Å². The van der Waals surface area contributed by atoms with Gasteiger partial charge in [-0.25, -0.2) is 14.2 Å². The van der Waals surface area contributed by atoms with Gasteiger partial charge in [-0.15, -0.1) is 0 Å². The zero-order chi connectivity index (χ0) is 31.8. The number of hydrogen-bond donors (Lipinski definition) is 2. The number of carbonyl (C=O) groups excluding carboxylic acids is 4. The summed E-state index contributed by atoms with van der Waals surface area (Å²) in [6.45, 7) is 8.83. The van der Waals surface area contributed by atoms with Gasteiger partial charge in [0.15, 0.2) is 11.6 Å². The Bertz CT molecular complexity index is 1440. The van der Waals surface area contributed by atoms with Gasteiger partial charge in [-0.3, -0.25) is 14.4 Å². The number of halogens is 1. The van der Waals surface area contributed by atoms with E-state index in [1.807, 2.05) is 0 Å². The standard InChI is InChI=1S/C31H39FN6O6/c1-16(2)43-28(42)35-23(29(3,4)5)26(40)37-14-17-8-9-30(32)12-19(30)21(17)22(37)25(39)38-15-31(11-18(38)13-33)27(41)36-24-20(44-31)7-6-10-34-24/h6-7,10,16-19,21-23H,8-9,11-12,14-15H2,1-5H3,(H,35,42)(H,34,36,41)/t17-,18-,19-,21+,22-,23+,30+,31+/m0/s1. The van der Waals surface area contributed by atoms with E-state index in [0.717, 1.165) is 0 Å². The van der Waals surface area contributed by atoms with Gasteiger partial charge in [0, 0.05) is 25.1 Å². The first-order chi connectivity index (χ1) is 20.7. The molecule has 12 nitrogen and oxygen atoms in total. The van der Waals surface area contributed by atoms with E-state index >= 15 is 4.39 Å². The maximum atomic E-state index is 15.6. The molecular formula is C31H39FN6O6. The van der Waals surface area contributed by atoms with Crippen LogP contribution in [0.25, 0.3) is 0 Å². The van der Waals surface area contributed by atoms with E-state index in [1.165, 1.54) is 16.0 Å². The zero-order valence-corrected chi connectivity index (χ0v) is 25.6. The Balaban J connectivity index is 1.33. The summed E-state index contributed by atoms with van der Waals surface area (Å²) in [5.41, 5.74) is -3.64. The van der Waals surface area contributed by atoms with E-state index in [-0.39, 0.29) is 37.2 Å². The molecule has 0 radical (unpaired) electrons. The molecule has 4 amide bonds. The number of aromatic nitrogens is 1. The molecule has 0 unspecified atom stereocenters. The number of hydrogen-bond acceptors (Lipinski definition) is 8. The van der Waals surface area contributed by atoms with Gasteiger partial charge >= 0.3 is 6.09 Å². The molecule has 8 atom stereocenters. The Hall–Kier alpha value is -3.95. The Labute approximate surface area is 255 Å². The van der Waals surface area contributed by atoms with E-state index in [4.69, 9.17) is 9.47 Å². The number of likely N-dealkylation sites (tertiary alicyclic amines) is 2. The van der Waals surface area contributed by atoms with Gasteiger partial charge in [-0.05, 0) is 62.5 Å². The number of pyridine rings is 1. The van der Waals surface area contributed by atoms with E-state index in [1.54, 1.807) is 46.8 Å². The van der Waals surface area contributed by atoms with Crippen LogP contribution in [0.3, 0.4) is 0 Å². The summed E-state index contributed by atoms with van der Waals surface area (Å²) < 4.78 is 27.0. The third kappa shape index (κ3) is 4.92. The van der Waals surface area contributed by atoms with Crippen molar-refractivity contribution < 1.29 is 33.0 Å². The van der Waals surface area contributed by atoms with Gasteiger partial charge in [-0.1, -0.05) is 20.8 Å². The van der Waals surface area contributed by atoms with Crippen molar-refractivity contribution in [3.63, 3.8) is 0 Å². The smallest absolute Gasteiger partial charge is 0.408 e. The minimum absolute atomic E-state index is 0.0755. The fourth-order valence-electron chi connectivity index (χ4n) is 7.66. The molecule has 44 heavy (non-hydrogen) atoms. The number of nitrogens with one attached hydrogen (secondary N) is 2. The lowest BCUT2D eigenvalue weighted by atomic mass is 9.77. The number of ether oxygens (including phenoxy) is 2. The lowest BCUT2D eigenvalue weighted by Gasteiger charge is -2.38. The minimum Gasteiger partial charge on any atom is -0.472 e. The quantitative estimate of drug-likeness (QED) is 0.528. The minimum atomic E-state index is -1.52. The van der Waals surface area contributed by atoms with Crippen molar-refractivity contribution in [2.75, 3.05) is 18.4 Å². The van der Waals surface area contributed by atoms with E-state index < -0.39 is 70.6 Å². The topological polar surface area (TPSA) is 154 Å². The molecule has 0 aromatic carbocycles. The first-order valence-electron chi connectivity index (χ1n) is 15.3. The fourth-order valence-corrected chi connectivity index (χ4v) is 7.66. The fraction of sp³-hybridized carbons (Fsp3) is 0.677. The Morgan fingerprint density at radius 1 is 1.27 bits per heavy atom. The molecule has 2 saturated carbocycles. The van der Waals surface area contributed by atoms with Gasteiger partial charge in [0.25, 0.3) is 5.91 Å². The van der Waals surface area contributed by atoms with Crippen molar-refractivity contribution in [2.45, 2.75) is 95.8 Å². The number of nitrogens with zero attached hydrogens (tertiary/aromatic N) is 4. The van der Waals surface area contributed by atoms with Crippen molar-refractivity contribution in [3.8, 4) is 11.8 Å². The number of fused-ring (bicyclic) bond motifs is 4. The maximum Gasteiger partial charge on any atom is 0.408 e. The average Bonchev–Trinajstić information content (AvgIpc) is 3.31. The van der Waals surface area contributed by atoms with Crippen molar-refractivity contribution >= 4 is 29.6 Å². The highest BCUT2D eigenvalue weighted by atomic mass is 19.1. The van der Waals surface area contributed by atoms with Crippen LogP contribution < -0.4 is 15.4 Å². The molecule has 2 aliphatic carbocycles. The van der Waals surface area contributed by atoms with Crippen LogP contribution in [0.1, 0.15) is 60.3 Å². The Morgan fingerprint density at radius 2 is 2.02 bits per heavy atom. The van der Waals surface area contributed by atoms with Crippen LogP contribution in [0.5, 0.6) is 5.75 Å². The highest BCUT2D eigenvalue weighted by Crippen LogP contribution is 2.64. The summed E-state index contributed by atoms with van der Waals surface area (Å²) in [4.78, 5) is 61.9. The Morgan fingerprint density at radius 3 is 2.70 bits per heavy atom. The Kier molecular flexibility index (Phi) is 7.05. The molecule has 2 saturated heterocycles. The highest BCUT2D eigenvalue weighted by molar-refractivity contribution is 6.01. The van der Waals surface area contributed by atoms with Gasteiger partial charge in [-0.2, -0.15) is 5.26 Å². The molecule has 6 rings (SSSR count). The normalized spacial score (nSPS) is 34.2. The molecule has 1 spiro atoms. The molecule has 2 N–H and O–H groups in total. The molecular weight excluding hydrogens is 571 g/mol. The van der Waals surface area contributed by atoms with Gasteiger partial charge in [0.1, 0.15) is 23.8 Å². The van der Waals surface area contributed by atoms with Crippen molar-refractivity contribution in [2.24, 2.45) is 23.2 Å². The highest BCUT2D eigenvalue weighted by Gasteiger charge is 2.69. The lowest BCUT2D eigenvalue weighted by molar-refractivity contribution is -0.148. The third-order valence-electron chi connectivity index (χ3n) is 9.87. The molecule has 3 aliphatic heterocycles. The van der Waals surface area contributed by atoms with Crippen LogP contribution in [-0.2, 0) is 19.1 Å². The van der Waals surface area contributed by atoms with Crippen LogP contribution in [0.4, 0.5) is 15.0 Å². The second kappa shape index (κ2) is 10.3. The van der Waals surface area contributed by atoms with Gasteiger partial charge in [0.05, 0.1) is 18.7 Å². The molecule has 1 aromatic rings. The number of alkyl carbamates (subject to hydrolysis) is 1. The monoisotopic (exact) mass is 610 g/mol. The molecule has 0 bridgehead atoms. The summed E-state index contributed by atoms with van der Waals surface area (Å²) in [6.07, 6.45) is 1.50. The summed E-state index contributed by atoms with van der Waals surface area (Å²) in [6, 6.07) is 2.34.